The molecule has 0 aliphatic carbocycles. The van der Waals surface area contributed by atoms with Gasteiger partial charge in [-0.05, 0) is 18.1 Å². The molecule has 0 spiro atoms. The number of ether oxygens (including phenoxy) is 1. The van der Waals surface area contributed by atoms with Crippen LogP contribution in [-0.4, -0.2) is 35.3 Å². The van der Waals surface area contributed by atoms with Crippen molar-refractivity contribution in [2.24, 2.45) is 0 Å². The highest BCUT2D eigenvalue weighted by Crippen LogP contribution is 2.44. The Hall–Kier alpha value is -3.24. The standard InChI is InChI=1S/C25H23NO3/c1-2-29-25(28)23-22(24(27)20-16-10-5-11-17-20)26(23)21(18-12-6-3-7-13-18)19-14-8-4-9-15-19/h3-17,21-23H,2H2,1H3/t22-,23-,26?/m1/s1. The van der Waals surface area contributed by atoms with E-state index in [4.69, 9.17) is 4.74 Å². The van der Waals surface area contributed by atoms with Crippen LogP contribution in [0.1, 0.15) is 34.5 Å². The van der Waals surface area contributed by atoms with E-state index in [1.165, 1.54) is 0 Å². The van der Waals surface area contributed by atoms with Gasteiger partial charge in [0.05, 0.1) is 12.6 Å². The number of ketones is 1. The Balaban J connectivity index is 1.75. The number of carbonyl (C=O) groups is 2. The van der Waals surface area contributed by atoms with Gasteiger partial charge in [-0.25, -0.2) is 0 Å². The number of hydrogen-bond donors (Lipinski definition) is 0. The third-order valence-electron chi connectivity index (χ3n) is 5.24. The van der Waals surface area contributed by atoms with Crippen molar-refractivity contribution >= 4 is 11.8 Å². The van der Waals surface area contributed by atoms with Crippen LogP contribution in [0.15, 0.2) is 91.0 Å². The summed E-state index contributed by atoms with van der Waals surface area (Å²) in [5.74, 6) is -0.404. The Bertz CT molecular complexity index is 933. The minimum absolute atomic E-state index is 0.0551. The van der Waals surface area contributed by atoms with Crippen LogP contribution in [0.25, 0.3) is 0 Å². The van der Waals surface area contributed by atoms with Crippen LogP contribution in [0.2, 0.25) is 0 Å². The largest absolute Gasteiger partial charge is 0.465 e. The second kappa shape index (κ2) is 8.41. The van der Waals surface area contributed by atoms with Crippen molar-refractivity contribution in [1.82, 2.24) is 4.90 Å². The molecule has 3 aromatic carbocycles. The Labute approximate surface area is 170 Å². The minimum Gasteiger partial charge on any atom is -0.465 e. The number of benzene rings is 3. The molecule has 1 saturated heterocycles. The molecule has 1 fully saturated rings. The van der Waals surface area contributed by atoms with Crippen molar-refractivity contribution in [3.05, 3.63) is 108 Å². The highest BCUT2D eigenvalue weighted by molar-refractivity contribution is 6.06. The zero-order chi connectivity index (χ0) is 20.2. The zero-order valence-electron chi connectivity index (χ0n) is 16.3. The van der Waals surface area contributed by atoms with E-state index >= 15 is 0 Å². The first kappa shape index (κ1) is 19.1. The van der Waals surface area contributed by atoms with Crippen LogP contribution in [-0.2, 0) is 9.53 Å². The fourth-order valence-electron chi connectivity index (χ4n) is 3.91. The molecule has 0 bridgehead atoms. The fraction of sp³-hybridized carbons (Fsp3) is 0.200. The highest BCUT2D eigenvalue weighted by atomic mass is 16.5. The lowest BCUT2D eigenvalue weighted by atomic mass is 9.98. The van der Waals surface area contributed by atoms with Gasteiger partial charge in [0.25, 0.3) is 0 Å². The molecule has 0 amide bonds. The summed E-state index contributed by atoms with van der Waals surface area (Å²) in [4.78, 5) is 27.9. The number of Topliss-reactive ketones (excluding diaryl/α,β-unsaturated/α-hetero) is 1. The summed E-state index contributed by atoms with van der Waals surface area (Å²) >= 11 is 0. The SMILES string of the molecule is CCOC(=O)[C@H]1[C@H](C(=O)c2ccccc2)N1C(c1ccccc1)c1ccccc1. The number of nitrogens with zero attached hydrogens (tertiary/aromatic N) is 1. The molecule has 1 aliphatic rings. The van der Waals surface area contributed by atoms with Gasteiger partial charge in [-0.3, -0.25) is 14.5 Å². The summed E-state index contributed by atoms with van der Waals surface area (Å²) in [6.45, 7) is 2.07. The van der Waals surface area contributed by atoms with Crippen LogP contribution < -0.4 is 0 Å². The smallest absolute Gasteiger partial charge is 0.325 e. The molecule has 0 saturated carbocycles. The molecule has 0 radical (unpaired) electrons. The highest BCUT2D eigenvalue weighted by Gasteiger charge is 2.61. The van der Waals surface area contributed by atoms with E-state index in [1.807, 2.05) is 83.8 Å². The van der Waals surface area contributed by atoms with Crippen molar-refractivity contribution in [2.75, 3.05) is 6.61 Å². The van der Waals surface area contributed by atoms with E-state index in [0.717, 1.165) is 11.1 Å². The average molecular weight is 385 g/mol. The lowest BCUT2D eigenvalue weighted by Gasteiger charge is -2.21. The molecule has 4 heteroatoms. The number of esters is 1. The number of carbonyl (C=O) groups excluding carboxylic acids is 2. The first-order valence-electron chi connectivity index (χ1n) is 9.85. The van der Waals surface area contributed by atoms with Crippen LogP contribution in [0.4, 0.5) is 0 Å². The van der Waals surface area contributed by atoms with Crippen LogP contribution >= 0.6 is 0 Å². The Morgan fingerprint density at radius 3 is 1.76 bits per heavy atom. The van der Waals surface area contributed by atoms with Crippen molar-refractivity contribution in [2.45, 2.75) is 25.0 Å². The first-order valence-corrected chi connectivity index (χ1v) is 9.85. The molecule has 4 nitrogen and oxygen atoms in total. The van der Waals surface area contributed by atoms with Crippen LogP contribution in [0, 0.1) is 0 Å². The third-order valence-corrected chi connectivity index (χ3v) is 5.24. The normalized spacial score (nSPS) is 20.3. The summed E-state index contributed by atoms with van der Waals surface area (Å²) in [5.41, 5.74) is 2.68. The van der Waals surface area contributed by atoms with Crippen molar-refractivity contribution in [3.63, 3.8) is 0 Å². The van der Waals surface area contributed by atoms with Crippen LogP contribution in [0.3, 0.4) is 0 Å². The summed E-state index contributed by atoms with van der Waals surface area (Å²) < 4.78 is 5.30. The van der Waals surface area contributed by atoms with E-state index in [1.54, 1.807) is 19.1 Å². The topological polar surface area (TPSA) is 46.4 Å². The predicted octanol–water partition coefficient (Wildman–Crippen LogP) is 4.27. The maximum atomic E-state index is 13.3. The molecule has 146 valence electrons. The lowest BCUT2D eigenvalue weighted by Crippen LogP contribution is -2.20. The van der Waals surface area contributed by atoms with Crippen LogP contribution in [0.5, 0.6) is 0 Å². The average Bonchev–Trinajstić information content (AvgIpc) is 3.51. The maximum Gasteiger partial charge on any atom is 0.325 e. The van der Waals surface area contributed by atoms with Gasteiger partial charge in [-0.15, -0.1) is 0 Å². The molecule has 0 aromatic heterocycles. The summed E-state index contributed by atoms with van der Waals surface area (Å²) in [6, 6.07) is 27.7. The van der Waals surface area contributed by atoms with E-state index in [0.29, 0.717) is 5.56 Å². The predicted molar refractivity (Wildman–Crippen MR) is 112 cm³/mol. The van der Waals surface area contributed by atoms with Gasteiger partial charge in [-0.1, -0.05) is 91.0 Å². The maximum absolute atomic E-state index is 13.3. The van der Waals surface area contributed by atoms with E-state index < -0.39 is 12.1 Å². The van der Waals surface area contributed by atoms with E-state index in [2.05, 4.69) is 0 Å². The second-order valence-electron chi connectivity index (χ2n) is 7.04. The minimum atomic E-state index is -0.590. The molecule has 1 unspecified atom stereocenters. The van der Waals surface area contributed by atoms with Gasteiger partial charge in [0, 0.05) is 5.56 Å². The number of hydrogen-bond acceptors (Lipinski definition) is 4. The first-order chi connectivity index (χ1) is 14.2. The Morgan fingerprint density at radius 2 is 1.28 bits per heavy atom. The monoisotopic (exact) mass is 385 g/mol. The van der Waals surface area contributed by atoms with Crippen molar-refractivity contribution in [1.29, 1.82) is 0 Å². The lowest BCUT2D eigenvalue weighted by molar-refractivity contribution is -0.143. The van der Waals surface area contributed by atoms with E-state index in [9.17, 15) is 9.59 Å². The third kappa shape index (κ3) is 3.84. The molecular formula is C25H23NO3. The van der Waals surface area contributed by atoms with Gasteiger partial charge in [0.15, 0.2) is 5.78 Å². The fourth-order valence-corrected chi connectivity index (χ4v) is 3.91. The summed E-state index contributed by atoms with van der Waals surface area (Å²) in [6.07, 6.45) is 0. The Morgan fingerprint density at radius 1 is 0.793 bits per heavy atom. The molecular weight excluding hydrogens is 362 g/mol. The molecule has 3 aromatic rings. The molecule has 4 rings (SSSR count). The van der Waals surface area contributed by atoms with Crippen molar-refractivity contribution < 1.29 is 14.3 Å². The molecule has 29 heavy (non-hydrogen) atoms. The number of rotatable bonds is 7. The van der Waals surface area contributed by atoms with Gasteiger partial charge in [0.2, 0.25) is 0 Å². The molecule has 0 N–H and O–H groups in total. The Kier molecular flexibility index (Phi) is 5.54. The molecule has 1 heterocycles. The second-order valence-corrected chi connectivity index (χ2v) is 7.04. The molecule has 1 aliphatic heterocycles. The molecule has 3 atom stereocenters. The van der Waals surface area contributed by atoms with Gasteiger partial charge in [0.1, 0.15) is 12.1 Å². The van der Waals surface area contributed by atoms with Crippen molar-refractivity contribution in [3.8, 4) is 0 Å². The zero-order valence-corrected chi connectivity index (χ0v) is 16.3. The summed E-state index contributed by atoms with van der Waals surface area (Å²) in [5, 5.41) is 0. The van der Waals surface area contributed by atoms with E-state index in [-0.39, 0.29) is 24.4 Å². The van der Waals surface area contributed by atoms with Gasteiger partial charge >= 0.3 is 5.97 Å². The quantitative estimate of drug-likeness (QED) is 0.346. The van der Waals surface area contributed by atoms with Gasteiger partial charge in [-0.2, -0.15) is 0 Å². The van der Waals surface area contributed by atoms with Gasteiger partial charge < -0.3 is 4.74 Å². The summed E-state index contributed by atoms with van der Waals surface area (Å²) in [7, 11) is 0.